The topological polar surface area (TPSA) is 94.1 Å². The van der Waals surface area contributed by atoms with Crippen LogP contribution < -0.4 is 15.6 Å². The average Bonchev–Trinajstić information content (AvgIpc) is 2.99. The Morgan fingerprint density at radius 1 is 0.872 bits per heavy atom. The van der Waals surface area contributed by atoms with E-state index in [1.165, 1.54) is 0 Å². The summed E-state index contributed by atoms with van der Waals surface area (Å²) >= 11 is 0. The van der Waals surface area contributed by atoms with E-state index >= 15 is 0 Å². The van der Waals surface area contributed by atoms with Crippen LogP contribution in [0.4, 0.5) is 10.5 Å². The van der Waals surface area contributed by atoms with Gasteiger partial charge in [0.05, 0.1) is 18.8 Å². The van der Waals surface area contributed by atoms with E-state index in [4.69, 9.17) is 9.84 Å². The minimum Gasteiger partial charge on any atom is -0.447 e. The number of piperidine rings is 1. The van der Waals surface area contributed by atoms with Crippen LogP contribution in [0, 0.1) is 6.42 Å². The van der Waals surface area contributed by atoms with Gasteiger partial charge in [0.25, 0.3) is 0 Å². The first-order valence-electron chi connectivity index (χ1n) is 13.5. The molecule has 3 N–H and O–H groups in total. The molecule has 1 radical (unpaired) electrons. The number of aliphatic hydroxyl groups excluding tert-OH is 1. The minimum atomic E-state index is -0.432. The molecular formula is C31H37N4O4. The Hall–Kier alpha value is -3.56. The number of ether oxygens (including phenoxy) is 1. The van der Waals surface area contributed by atoms with E-state index in [-0.39, 0.29) is 25.5 Å². The maximum absolute atomic E-state index is 13.4. The first-order valence-corrected chi connectivity index (χ1v) is 13.5. The smallest absolute Gasteiger partial charge is 0.429 e. The van der Waals surface area contributed by atoms with Crippen LogP contribution in [0.3, 0.4) is 0 Å². The van der Waals surface area contributed by atoms with Gasteiger partial charge in [0.1, 0.15) is 6.61 Å². The number of Topliss-reactive ketones (excluding diaryl/α,β-unsaturated/α-hetero) is 1. The zero-order chi connectivity index (χ0) is 27.3. The molecule has 205 valence electrons. The van der Waals surface area contributed by atoms with Crippen molar-refractivity contribution in [1.82, 2.24) is 15.6 Å². The molecule has 3 aromatic carbocycles. The lowest BCUT2D eigenvalue weighted by atomic mass is 10.0. The van der Waals surface area contributed by atoms with Crippen LogP contribution >= 0.6 is 0 Å². The van der Waals surface area contributed by atoms with Crippen molar-refractivity contribution < 1.29 is 19.4 Å². The maximum Gasteiger partial charge on any atom is 0.429 e. The largest absolute Gasteiger partial charge is 0.447 e. The van der Waals surface area contributed by atoms with E-state index in [1.807, 2.05) is 71.7 Å². The molecule has 0 aliphatic carbocycles. The number of anilines is 1. The highest BCUT2D eigenvalue weighted by Crippen LogP contribution is 2.33. The van der Waals surface area contributed by atoms with Gasteiger partial charge >= 0.3 is 6.09 Å². The van der Waals surface area contributed by atoms with Crippen molar-refractivity contribution in [1.29, 1.82) is 0 Å². The Morgan fingerprint density at radius 3 is 2.33 bits per heavy atom. The van der Waals surface area contributed by atoms with Crippen molar-refractivity contribution in [2.24, 2.45) is 0 Å². The second kappa shape index (κ2) is 15.1. The Balaban J connectivity index is 1.32. The SMILES string of the molecule is O=C(CNCCOC(=O)N(c1ccccc1-c1ccccc1)N1CC[CH]CC1)c1ccc(CNCCO)cc1. The molecule has 0 unspecified atom stereocenters. The van der Waals surface area contributed by atoms with Crippen LogP contribution in [0.2, 0.25) is 0 Å². The Morgan fingerprint density at radius 2 is 1.59 bits per heavy atom. The highest BCUT2D eigenvalue weighted by Gasteiger charge is 2.28. The molecule has 0 saturated carbocycles. The van der Waals surface area contributed by atoms with Crippen LogP contribution in [0.5, 0.6) is 0 Å². The molecular weight excluding hydrogens is 492 g/mol. The van der Waals surface area contributed by atoms with Crippen molar-refractivity contribution in [3.8, 4) is 11.1 Å². The molecule has 1 fully saturated rings. The predicted molar refractivity (Wildman–Crippen MR) is 153 cm³/mol. The summed E-state index contributed by atoms with van der Waals surface area (Å²) in [6.45, 7) is 3.40. The molecule has 1 amide bonds. The van der Waals surface area contributed by atoms with Crippen molar-refractivity contribution in [2.75, 3.05) is 50.9 Å². The lowest BCUT2D eigenvalue weighted by molar-refractivity contribution is 0.0986. The van der Waals surface area contributed by atoms with E-state index in [9.17, 15) is 9.59 Å². The first kappa shape index (κ1) is 28.4. The molecule has 8 nitrogen and oxygen atoms in total. The highest BCUT2D eigenvalue weighted by atomic mass is 16.6. The number of rotatable bonds is 13. The summed E-state index contributed by atoms with van der Waals surface area (Å²) in [5, 5.41) is 18.8. The summed E-state index contributed by atoms with van der Waals surface area (Å²) in [6.07, 6.45) is 3.62. The number of nitrogens with one attached hydrogen (secondary N) is 2. The van der Waals surface area contributed by atoms with Crippen LogP contribution in [-0.4, -0.2) is 67.9 Å². The molecule has 0 spiro atoms. The number of ketones is 1. The third kappa shape index (κ3) is 8.21. The number of para-hydroxylation sites is 1. The number of benzene rings is 3. The maximum atomic E-state index is 13.4. The third-order valence-corrected chi connectivity index (χ3v) is 6.54. The molecule has 0 atom stereocenters. The predicted octanol–water partition coefficient (Wildman–Crippen LogP) is 4.07. The number of nitrogens with zero attached hydrogens (tertiary/aromatic N) is 2. The van der Waals surface area contributed by atoms with Crippen LogP contribution in [0.1, 0.15) is 28.8 Å². The van der Waals surface area contributed by atoms with Gasteiger partial charge in [0.15, 0.2) is 5.78 Å². The lowest BCUT2D eigenvalue weighted by Gasteiger charge is -2.37. The molecule has 4 rings (SSSR count). The number of amides is 1. The van der Waals surface area contributed by atoms with Gasteiger partial charge < -0.3 is 20.5 Å². The molecule has 0 aromatic heterocycles. The number of aliphatic hydroxyl groups is 1. The van der Waals surface area contributed by atoms with E-state index in [1.54, 1.807) is 17.1 Å². The molecule has 1 saturated heterocycles. The fourth-order valence-corrected chi connectivity index (χ4v) is 4.52. The van der Waals surface area contributed by atoms with E-state index in [0.29, 0.717) is 25.2 Å². The zero-order valence-corrected chi connectivity index (χ0v) is 22.2. The number of carbonyl (C=O) groups excluding carboxylic acids is 2. The van der Waals surface area contributed by atoms with Gasteiger partial charge in [-0.25, -0.2) is 14.8 Å². The zero-order valence-electron chi connectivity index (χ0n) is 22.2. The Labute approximate surface area is 230 Å². The summed E-state index contributed by atoms with van der Waals surface area (Å²) in [6, 6.07) is 25.3. The molecule has 1 heterocycles. The van der Waals surface area contributed by atoms with Gasteiger partial charge in [0.2, 0.25) is 0 Å². The average molecular weight is 530 g/mol. The van der Waals surface area contributed by atoms with Crippen molar-refractivity contribution >= 4 is 17.6 Å². The standard InChI is InChI=1S/C31H37N4O4/c36-21-17-32-23-25-13-15-27(16-14-25)30(37)24-33-18-22-39-31(38)35(34-19-7-2-8-20-34)29-12-6-5-11-28(29)26-9-3-1-4-10-26/h1-6,9-16,32-33,36H,7-8,17-24H2. The minimum absolute atomic E-state index is 0.0285. The summed E-state index contributed by atoms with van der Waals surface area (Å²) in [5.41, 5.74) is 4.45. The van der Waals surface area contributed by atoms with Gasteiger partial charge in [-0.05, 0) is 36.5 Å². The van der Waals surface area contributed by atoms with Crippen LogP contribution in [0.15, 0.2) is 78.9 Å². The van der Waals surface area contributed by atoms with Gasteiger partial charge in [0, 0.05) is 43.9 Å². The van der Waals surface area contributed by atoms with Crippen molar-refractivity contribution in [3.05, 3.63) is 96.4 Å². The Kier molecular flexibility index (Phi) is 11.0. The number of carbonyl (C=O) groups is 2. The number of hydrogen-bond acceptors (Lipinski definition) is 7. The number of hydrazine groups is 1. The van der Waals surface area contributed by atoms with Crippen molar-refractivity contribution in [2.45, 2.75) is 19.4 Å². The summed E-state index contributed by atoms with van der Waals surface area (Å²) in [5.74, 6) is -0.0285. The van der Waals surface area contributed by atoms with Gasteiger partial charge in [-0.15, -0.1) is 0 Å². The van der Waals surface area contributed by atoms with E-state index < -0.39 is 6.09 Å². The third-order valence-electron chi connectivity index (χ3n) is 6.54. The van der Waals surface area contributed by atoms with Crippen LogP contribution in [-0.2, 0) is 11.3 Å². The van der Waals surface area contributed by atoms with E-state index in [0.717, 1.165) is 48.3 Å². The highest BCUT2D eigenvalue weighted by molar-refractivity contribution is 5.97. The number of hydrogen-bond donors (Lipinski definition) is 3. The summed E-state index contributed by atoms with van der Waals surface area (Å²) < 4.78 is 5.69. The normalized spacial score (nSPS) is 13.7. The van der Waals surface area contributed by atoms with Gasteiger partial charge in [-0.1, -0.05) is 72.8 Å². The molecule has 39 heavy (non-hydrogen) atoms. The molecule has 8 heteroatoms. The molecule has 3 aromatic rings. The van der Waals surface area contributed by atoms with E-state index in [2.05, 4.69) is 17.1 Å². The van der Waals surface area contributed by atoms with Crippen molar-refractivity contribution in [3.63, 3.8) is 0 Å². The lowest BCUT2D eigenvalue weighted by Crippen LogP contribution is -2.50. The van der Waals surface area contributed by atoms with Gasteiger partial charge in [-0.2, -0.15) is 0 Å². The molecule has 1 aliphatic heterocycles. The molecule has 1 aliphatic rings. The summed E-state index contributed by atoms with van der Waals surface area (Å²) in [4.78, 5) is 26.0. The Bertz CT molecular complexity index is 1180. The summed E-state index contributed by atoms with van der Waals surface area (Å²) in [7, 11) is 0. The van der Waals surface area contributed by atoms with Crippen LogP contribution in [0.25, 0.3) is 11.1 Å². The second-order valence-electron chi connectivity index (χ2n) is 9.33. The fourth-order valence-electron chi connectivity index (χ4n) is 4.52. The first-order chi connectivity index (χ1) is 19.2. The monoisotopic (exact) mass is 529 g/mol. The molecule has 0 bridgehead atoms. The van der Waals surface area contributed by atoms with Gasteiger partial charge in [-0.3, -0.25) is 4.79 Å². The second-order valence-corrected chi connectivity index (χ2v) is 9.33. The fraction of sp³-hybridized carbons (Fsp3) is 0.323. The quantitative estimate of drug-likeness (QED) is 0.227.